The van der Waals surface area contributed by atoms with E-state index in [1.54, 1.807) is 24.1 Å². The second-order valence-corrected chi connectivity index (χ2v) is 7.27. The monoisotopic (exact) mass is 333 g/mol. The van der Waals surface area contributed by atoms with Gasteiger partial charge in [-0.1, -0.05) is 12.1 Å². The summed E-state index contributed by atoms with van der Waals surface area (Å²) in [5, 5.41) is 9.99. The second kappa shape index (κ2) is 6.42. The molecule has 0 saturated heterocycles. The van der Waals surface area contributed by atoms with Crippen LogP contribution in [-0.2, 0) is 0 Å². The molecule has 0 radical (unpaired) electrons. The first-order valence-corrected chi connectivity index (χ1v) is 8.57. The third-order valence-electron chi connectivity index (χ3n) is 4.21. The molecule has 1 unspecified atom stereocenters. The maximum atomic E-state index is 13.1. The summed E-state index contributed by atoms with van der Waals surface area (Å²) in [5.74, 6) is 0.00400. The molecule has 1 fully saturated rings. The number of aryl methyl sites for hydroxylation is 1. The van der Waals surface area contributed by atoms with Crippen LogP contribution in [0.2, 0.25) is 0 Å². The van der Waals surface area contributed by atoms with Crippen molar-refractivity contribution in [3.8, 4) is 10.4 Å². The van der Waals surface area contributed by atoms with Crippen LogP contribution in [0.3, 0.4) is 0 Å². The number of amides is 1. The summed E-state index contributed by atoms with van der Waals surface area (Å²) in [4.78, 5) is 15.7. The topological polar surface area (TPSA) is 40.5 Å². The summed E-state index contributed by atoms with van der Waals surface area (Å²) >= 11 is 1.41. The molecule has 1 atom stereocenters. The molecule has 1 amide bonds. The number of hydrogen-bond acceptors (Lipinski definition) is 3. The molecule has 1 heterocycles. The van der Waals surface area contributed by atoms with Gasteiger partial charge in [-0.15, -0.1) is 11.3 Å². The van der Waals surface area contributed by atoms with Crippen molar-refractivity contribution in [1.82, 2.24) is 4.90 Å². The first-order chi connectivity index (χ1) is 11.0. The van der Waals surface area contributed by atoms with Gasteiger partial charge in [-0.3, -0.25) is 4.79 Å². The molecule has 3 nitrogen and oxygen atoms in total. The lowest BCUT2D eigenvalue weighted by Gasteiger charge is -2.20. The zero-order valence-electron chi connectivity index (χ0n) is 13.3. The Kier molecular flexibility index (Phi) is 4.50. The van der Waals surface area contributed by atoms with E-state index in [0.29, 0.717) is 17.3 Å². The third-order valence-corrected chi connectivity index (χ3v) is 5.48. The molecule has 2 aromatic rings. The van der Waals surface area contributed by atoms with Crippen LogP contribution in [0.4, 0.5) is 4.39 Å². The van der Waals surface area contributed by atoms with Gasteiger partial charge in [0.1, 0.15) is 5.82 Å². The largest absolute Gasteiger partial charge is 0.391 e. The summed E-state index contributed by atoms with van der Waals surface area (Å²) < 4.78 is 13.1. The van der Waals surface area contributed by atoms with Crippen molar-refractivity contribution >= 4 is 17.2 Å². The van der Waals surface area contributed by atoms with Crippen LogP contribution < -0.4 is 0 Å². The van der Waals surface area contributed by atoms with E-state index >= 15 is 0 Å². The molecule has 0 aliphatic heterocycles. The Morgan fingerprint density at radius 1 is 1.39 bits per heavy atom. The SMILES string of the molecule is Cc1cc(C(=O)N(C)CC(O)C2CC2)sc1-c1ccc(F)cc1. The van der Waals surface area contributed by atoms with E-state index in [1.807, 2.05) is 13.0 Å². The fourth-order valence-electron chi connectivity index (χ4n) is 2.66. The molecule has 1 saturated carbocycles. The Labute approximate surface area is 139 Å². The Morgan fingerprint density at radius 2 is 2.04 bits per heavy atom. The van der Waals surface area contributed by atoms with Gasteiger partial charge in [-0.25, -0.2) is 4.39 Å². The highest BCUT2D eigenvalue weighted by Crippen LogP contribution is 2.34. The van der Waals surface area contributed by atoms with Crippen LogP contribution in [0, 0.1) is 18.7 Å². The number of nitrogens with zero attached hydrogens (tertiary/aromatic N) is 1. The summed E-state index contributed by atoms with van der Waals surface area (Å²) in [6.07, 6.45) is 1.67. The van der Waals surface area contributed by atoms with Crippen molar-refractivity contribution in [2.24, 2.45) is 5.92 Å². The number of carbonyl (C=O) groups excluding carboxylic acids is 1. The number of rotatable bonds is 5. The van der Waals surface area contributed by atoms with Crippen LogP contribution in [0.25, 0.3) is 10.4 Å². The van der Waals surface area contributed by atoms with Gasteiger partial charge in [-0.2, -0.15) is 0 Å². The third kappa shape index (κ3) is 3.62. The highest BCUT2D eigenvalue weighted by Gasteiger charge is 2.31. The lowest BCUT2D eigenvalue weighted by molar-refractivity contribution is 0.0649. The minimum absolute atomic E-state index is 0.0776. The van der Waals surface area contributed by atoms with E-state index < -0.39 is 6.10 Å². The van der Waals surface area contributed by atoms with Gasteiger partial charge in [0.25, 0.3) is 5.91 Å². The number of halogens is 1. The molecule has 1 N–H and O–H groups in total. The van der Waals surface area contributed by atoms with Crippen LogP contribution in [0.15, 0.2) is 30.3 Å². The summed E-state index contributed by atoms with van der Waals surface area (Å²) in [6, 6.07) is 8.17. The number of benzene rings is 1. The van der Waals surface area contributed by atoms with E-state index in [4.69, 9.17) is 0 Å². The highest BCUT2D eigenvalue weighted by molar-refractivity contribution is 7.17. The maximum absolute atomic E-state index is 13.1. The van der Waals surface area contributed by atoms with Gasteiger partial charge in [0.2, 0.25) is 0 Å². The van der Waals surface area contributed by atoms with Crippen LogP contribution in [0.1, 0.15) is 28.1 Å². The van der Waals surface area contributed by atoms with Gasteiger partial charge in [0.15, 0.2) is 0 Å². The number of carbonyl (C=O) groups is 1. The van der Waals surface area contributed by atoms with Gasteiger partial charge >= 0.3 is 0 Å². The van der Waals surface area contributed by atoms with E-state index in [1.165, 1.54) is 23.5 Å². The number of aliphatic hydroxyl groups is 1. The molecule has 0 spiro atoms. The fourth-order valence-corrected chi connectivity index (χ4v) is 3.83. The molecular weight excluding hydrogens is 313 g/mol. The second-order valence-electron chi connectivity index (χ2n) is 6.22. The Hall–Kier alpha value is -1.72. The standard InChI is InChI=1S/C18H20FNO2S/c1-11-9-16(18(22)20(2)10-15(21)12-3-4-12)23-17(11)13-5-7-14(19)8-6-13/h5-9,12,15,21H,3-4,10H2,1-2H3. The molecule has 1 aliphatic carbocycles. The van der Waals surface area contributed by atoms with Crippen molar-refractivity contribution in [2.45, 2.75) is 25.9 Å². The minimum Gasteiger partial charge on any atom is -0.391 e. The zero-order chi connectivity index (χ0) is 16.6. The first-order valence-electron chi connectivity index (χ1n) is 7.75. The molecule has 23 heavy (non-hydrogen) atoms. The first kappa shape index (κ1) is 16.1. The van der Waals surface area contributed by atoms with Gasteiger partial charge in [-0.05, 0) is 55.0 Å². The summed E-state index contributed by atoms with van der Waals surface area (Å²) in [7, 11) is 1.72. The molecule has 3 rings (SSSR count). The normalized spacial score (nSPS) is 15.5. The smallest absolute Gasteiger partial charge is 0.263 e. The predicted octanol–water partition coefficient (Wildman–Crippen LogP) is 3.71. The van der Waals surface area contributed by atoms with Crippen molar-refractivity contribution in [3.05, 3.63) is 46.6 Å². The van der Waals surface area contributed by atoms with E-state index in [0.717, 1.165) is 28.8 Å². The number of thiophene rings is 1. The molecule has 122 valence electrons. The highest BCUT2D eigenvalue weighted by atomic mass is 32.1. The molecule has 1 aromatic carbocycles. The quantitative estimate of drug-likeness (QED) is 0.906. The molecule has 1 aliphatic rings. The van der Waals surface area contributed by atoms with E-state index in [2.05, 4.69) is 0 Å². The molecule has 5 heteroatoms. The maximum Gasteiger partial charge on any atom is 0.263 e. The average molecular weight is 333 g/mol. The number of likely N-dealkylation sites (N-methyl/N-ethyl adjacent to an activating group) is 1. The van der Waals surface area contributed by atoms with Gasteiger partial charge in [0.05, 0.1) is 11.0 Å². The van der Waals surface area contributed by atoms with E-state index in [9.17, 15) is 14.3 Å². The molecule has 1 aromatic heterocycles. The van der Waals surface area contributed by atoms with Gasteiger partial charge in [0, 0.05) is 18.5 Å². The summed E-state index contributed by atoms with van der Waals surface area (Å²) in [5.41, 5.74) is 1.91. The number of hydrogen-bond donors (Lipinski definition) is 1. The van der Waals surface area contributed by atoms with Crippen molar-refractivity contribution < 1.29 is 14.3 Å². The van der Waals surface area contributed by atoms with Gasteiger partial charge < -0.3 is 10.0 Å². The Morgan fingerprint density at radius 3 is 2.65 bits per heavy atom. The van der Waals surface area contributed by atoms with Crippen LogP contribution in [-0.4, -0.2) is 35.6 Å². The lowest BCUT2D eigenvalue weighted by Crippen LogP contribution is -2.34. The average Bonchev–Trinajstić information content (AvgIpc) is 3.30. The predicted molar refractivity (Wildman–Crippen MR) is 90.1 cm³/mol. The minimum atomic E-state index is -0.429. The zero-order valence-corrected chi connectivity index (χ0v) is 14.1. The Bertz CT molecular complexity index is 706. The lowest BCUT2D eigenvalue weighted by atomic mass is 10.1. The van der Waals surface area contributed by atoms with Crippen molar-refractivity contribution in [2.75, 3.05) is 13.6 Å². The molecular formula is C18H20FNO2S. The fraction of sp³-hybridized carbons (Fsp3) is 0.389. The number of aliphatic hydroxyl groups excluding tert-OH is 1. The summed E-state index contributed by atoms with van der Waals surface area (Å²) in [6.45, 7) is 2.32. The van der Waals surface area contributed by atoms with Crippen molar-refractivity contribution in [1.29, 1.82) is 0 Å². The van der Waals surface area contributed by atoms with Crippen LogP contribution in [0.5, 0.6) is 0 Å². The van der Waals surface area contributed by atoms with Crippen LogP contribution >= 0.6 is 11.3 Å². The van der Waals surface area contributed by atoms with Crippen molar-refractivity contribution in [3.63, 3.8) is 0 Å². The van der Waals surface area contributed by atoms with E-state index in [-0.39, 0.29) is 11.7 Å². The molecule has 0 bridgehead atoms. The Balaban J connectivity index is 1.76.